The summed E-state index contributed by atoms with van der Waals surface area (Å²) >= 11 is 17.5. The molecular formula is C16H11Cl3F3NO2. The first-order valence-electron chi connectivity index (χ1n) is 6.87. The van der Waals surface area contributed by atoms with Gasteiger partial charge in [-0.1, -0.05) is 34.8 Å². The van der Waals surface area contributed by atoms with Crippen LogP contribution in [0.4, 0.5) is 18.9 Å². The lowest BCUT2D eigenvalue weighted by atomic mass is 10.2. The molecule has 0 aliphatic rings. The highest BCUT2D eigenvalue weighted by molar-refractivity contribution is 6.35. The van der Waals surface area contributed by atoms with Crippen molar-refractivity contribution in [3.8, 4) is 5.75 Å². The number of carbonyl (C=O) groups is 1. The lowest BCUT2D eigenvalue weighted by Crippen LogP contribution is -2.30. The van der Waals surface area contributed by atoms with Gasteiger partial charge >= 0.3 is 6.18 Å². The van der Waals surface area contributed by atoms with Crippen LogP contribution < -0.4 is 10.1 Å². The average molecular weight is 413 g/mol. The number of halogens is 6. The van der Waals surface area contributed by atoms with Crippen LogP contribution >= 0.6 is 34.8 Å². The van der Waals surface area contributed by atoms with Crippen molar-refractivity contribution in [2.45, 2.75) is 19.2 Å². The van der Waals surface area contributed by atoms with Crippen LogP contribution in [-0.4, -0.2) is 12.0 Å². The van der Waals surface area contributed by atoms with E-state index in [-0.39, 0.29) is 21.5 Å². The fraction of sp³-hybridized carbons (Fsp3) is 0.188. The maximum absolute atomic E-state index is 12.6. The number of nitrogens with one attached hydrogen (secondary N) is 1. The lowest BCUT2D eigenvalue weighted by molar-refractivity contribution is -0.137. The van der Waals surface area contributed by atoms with Gasteiger partial charge in [0.15, 0.2) is 6.10 Å². The summed E-state index contributed by atoms with van der Waals surface area (Å²) in [7, 11) is 0. The van der Waals surface area contributed by atoms with Crippen molar-refractivity contribution < 1.29 is 22.7 Å². The quantitative estimate of drug-likeness (QED) is 0.662. The van der Waals surface area contributed by atoms with E-state index in [9.17, 15) is 18.0 Å². The number of alkyl halides is 3. The summed E-state index contributed by atoms with van der Waals surface area (Å²) < 4.78 is 43.3. The van der Waals surface area contributed by atoms with Crippen LogP contribution in [0.25, 0.3) is 0 Å². The minimum absolute atomic E-state index is 0.0392. The molecule has 0 aliphatic carbocycles. The second kappa shape index (κ2) is 7.72. The standard InChI is InChI=1S/C16H11Cl3F3NO2/c1-8(25-14-5-3-10(17)7-12(14)19)15(24)23-13-4-2-9(6-11(13)18)16(20,21)22/h2-8H,1H3,(H,23,24)/t8-/m1/s1. The van der Waals surface area contributed by atoms with Gasteiger partial charge in [-0.3, -0.25) is 4.79 Å². The van der Waals surface area contributed by atoms with Gasteiger partial charge in [-0.15, -0.1) is 0 Å². The molecule has 0 saturated heterocycles. The van der Waals surface area contributed by atoms with Crippen molar-refractivity contribution in [2.24, 2.45) is 0 Å². The fourth-order valence-corrected chi connectivity index (χ4v) is 2.52. The van der Waals surface area contributed by atoms with Crippen LogP contribution in [0.15, 0.2) is 36.4 Å². The molecule has 2 aromatic carbocycles. The summed E-state index contributed by atoms with van der Waals surface area (Å²) in [6.45, 7) is 1.46. The topological polar surface area (TPSA) is 38.3 Å². The Morgan fingerprint density at radius 2 is 1.76 bits per heavy atom. The van der Waals surface area contributed by atoms with Gasteiger partial charge < -0.3 is 10.1 Å². The summed E-state index contributed by atoms with van der Waals surface area (Å²) in [5, 5.41) is 2.80. The SMILES string of the molecule is C[C@@H](Oc1ccc(Cl)cc1Cl)C(=O)Nc1ccc(C(F)(F)F)cc1Cl. The van der Waals surface area contributed by atoms with E-state index in [0.29, 0.717) is 5.02 Å². The molecular weight excluding hydrogens is 402 g/mol. The normalized spacial score (nSPS) is 12.6. The summed E-state index contributed by atoms with van der Waals surface area (Å²) in [5.74, 6) is -0.361. The number of rotatable bonds is 4. The first-order chi connectivity index (χ1) is 11.6. The van der Waals surface area contributed by atoms with E-state index < -0.39 is 23.8 Å². The number of ether oxygens (including phenoxy) is 1. The Bertz CT molecular complexity index is 797. The van der Waals surface area contributed by atoms with E-state index in [1.165, 1.54) is 19.1 Å². The number of carbonyl (C=O) groups excluding carboxylic acids is 1. The zero-order chi connectivity index (χ0) is 18.8. The third kappa shape index (κ3) is 5.17. The van der Waals surface area contributed by atoms with Gasteiger partial charge in [0.05, 0.1) is 21.3 Å². The Hall–Kier alpha value is -1.63. The van der Waals surface area contributed by atoms with Crippen molar-refractivity contribution in [3.63, 3.8) is 0 Å². The number of hydrogen-bond acceptors (Lipinski definition) is 2. The average Bonchev–Trinajstić information content (AvgIpc) is 2.50. The molecule has 1 N–H and O–H groups in total. The van der Waals surface area contributed by atoms with E-state index in [1.54, 1.807) is 6.07 Å². The van der Waals surface area contributed by atoms with Gasteiger partial charge in [-0.05, 0) is 43.3 Å². The van der Waals surface area contributed by atoms with Crippen LogP contribution in [0.5, 0.6) is 5.75 Å². The molecule has 25 heavy (non-hydrogen) atoms. The van der Waals surface area contributed by atoms with Crippen LogP contribution in [0, 0.1) is 0 Å². The molecule has 1 amide bonds. The van der Waals surface area contributed by atoms with Gasteiger partial charge in [0.1, 0.15) is 5.75 Å². The molecule has 9 heteroatoms. The zero-order valence-corrected chi connectivity index (χ0v) is 14.9. The molecule has 134 valence electrons. The van der Waals surface area contributed by atoms with E-state index in [1.807, 2.05) is 0 Å². The molecule has 0 spiro atoms. The highest BCUT2D eigenvalue weighted by Crippen LogP contribution is 2.34. The maximum atomic E-state index is 12.6. The van der Waals surface area contributed by atoms with E-state index in [0.717, 1.165) is 18.2 Å². The summed E-state index contributed by atoms with van der Waals surface area (Å²) in [5.41, 5.74) is -0.870. The number of hydrogen-bond donors (Lipinski definition) is 1. The highest BCUT2D eigenvalue weighted by atomic mass is 35.5. The molecule has 2 aromatic rings. The number of benzene rings is 2. The summed E-state index contributed by atoms with van der Waals surface area (Å²) in [6.07, 6.45) is -5.49. The van der Waals surface area contributed by atoms with Crippen molar-refractivity contribution >= 4 is 46.4 Å². The molecule has 2 rings (SSSR count). The molecule has 0 aromatic heterocycles. The van der Waals surface area contributed by atoms with Gasteiger partial charge in [0.2, 0.25) is 0 Å². The Labute approximate surface area is 156 Å². The summed E-state index contributed by atoms with van der Waals surface area (Å²) in [6, 6.07) is 7.13. The molecule has 1 atom stereocenters. The van der Waals surface area contributed by atoms with Crippen LogP contribution in [0.3, 0.4) is 0 Å². The van der Waals surface area contributed by atoms with Gasteiger partial charge in [0, 0.05) is 5.02 Å². The monoisotopic (exact) mass is 411 g/mol. The van der Waals surface area contributed by atoms with Crippen molar-refractivity contribution in [3.05, 3.63) is 57.0 Å². The third-order valence-electron chi connectivity index (χ3n) is 3.12. The Morgan fingerprint density at radius 3 is 2.32 bits per heavy atom. The second-order valence-electron chi connectivity index (χ2n) is 5.02. The van der Waals surface area contributed by atoms with E-state index in [2.05, 4.69) is 5.32 Å². The first-order valence-corrected chi connectivity index (χ1v) is 8.00. The van der Waals surface area contributed by atoms with Crippen LogP contribution in [-0.2, 0) is 11.0 Å². The Kier molecular flexibility index (Phi) is 6.08. The predicted octanol–water partition coefficient (Wildman–Crippen LogP) is 6.07. The zero-order valence-electron chi connectivity index (χ0n) is 12.6. The largest absolute Gasteiger partial charge is 0.479 e. The smallest absolute Gasteiger partial charge is 0.416 e. The molecule has 0 heterocycles. The van der Waals surface area contributed by atoms with Gasteiger partial charge in [-0.25, -0.2) is 0 Å². The minimum Gasteiger partial charge on any atom is -0.479 e. The minimum atomic E-state index is -4.52. The molecule has 3 nitrogen and oxygen atoms in total. The number of anilines is 1. The molecule has 0 fully saturated rings. The van der Waals surface area contributed by atoms with Crippen molar-refractivity contribution in [1.82, 2.24) is 0 Å². The molecule has 0 aliphatic heterocycles. The fourth-order valence-electron chi connectivity index (χ4n) is 1.84. The Morgan fingerprint density at radius 1 is 1.08 bits per heavy atom. The van der Waals surface area contributed by atoms with Crippen LogP contribution in [0.2, 0.25) is 15.1 Å². The van der Waals surface area contributed by atoms with E-state index >= 15 is 0 Å². The van der Waals surface area contributed by atoms with Crippen LogP contribution in [0.1, 0.15) is 12.5 Å². The first kappa shape index (κ1) is 19.7. The van der Waals surface area contributed by atoms with Gasteiger partial charge in [-0.2, -0.15) is 13.2 Å². The van der Waals surface area contributed by atoms with Crippen molar-refractivity contribution in [2.75, 3.05) is 5.32 Å². The molecule has 0 radical (unpaired) electrons. The third-order valence-corrected chi connectivity index (χ3v) is 3.96. The highest BCUT2D eigenvalue weighted by Gasteiger charge is 2.31. The van der Waals surface area contributed by atoms with Gasteiger partial charge in [0.25, 0.3) is 5.91 Å². The molecule has 0 unspecified atom stereocenters. The van der Waals surface area contributed by atoms with Crippen molar-refractivity contribution in [1.29, 1.82) is 0 Å². The maximum Gasteiger partial charge on any atom is 0.416 e. The summed E-state index contributed by atoms with van der Waals surface area (Å²) in [4.78, 5) is 12.1. The molecule has 0 bridgehead atoms. The number of amides is 1. The second-order valence-corrected chi connectivity index (χ2v) is 6.27. The predicted molar refractivity (Wildman–Crippen MR) is 91.6 cm³/mol. The van der Waals surface area contributed by atoms with E-state index in [4.69, 9.17) is 39.5 Å². The molecule has 0 saturated carbocycles. The lowest BCUT2D eigenvalue weighted by Gasteiger charge is -2.17. The Balaban J connectivity index is 2.08.